The third-order valence-electron chi connectivity index (χ3n) is 3.69. The number of hydrogen-bond donors (Lipinski definition) is 1. The molecule has 2 unspecified atom stereocenters. The molecule has 1 aromatic carbocycles. The zero-order valence-electron chi connectivity index (χ0n) is 11.2. The Bertz CT molecular complexity index is 463. The zero-order chi connectivity index (χ0) is 14.0. The first-order chi connectivity index (χ1) is 8.93. The molecule has 1 aliphatic rings. The van der Waals surface area contributed by atoms with E-state index in [0.29, 0.717) is 19.8 Å². The van der Waals surface area contributed by atoms with Gasteiger partial charge in [-0.05, 0) is 24.6 Å². The van der Waals surface area contributed by atoms with Crippen molar-refractivity contribution in [1.82, 2.24) is 4.90 Å². The largest absolute Gasteiger partial charge is 0.379 e. The highest BCUT2D eigenvalue weighted by atomic mass is 19.1. The summed E-state index contributed by atoms with van der Waals surface area (Å²) in [5.41, 5.74) is 6.15. The number of nitrogens with two attached hydrogens (primary N) is 1. The molecule has 0 aromatic heterocycles. The maximum Gasteiger partial charge on any atom is 0.232 e. The highest BCUT2D eigenvalue weighted by Gasteiger charge is 2.45. The summed E-state index contributed by atoms with van der Waals surface area (Å²) in [6.07, 6.45) is 0. The minimum Gasteiger partial charge on any atom is -0.379 e. The summed E-state index contributed by atoms with van der Waals surface area (Å²) in [5, 5.41) is 0. The van der Waals surface area contributed by atoms with Gasteiger partial charge in [0.25, 0.3) is 0 Å². The van der Waals surface area contributed by atoms with Crippen LogP contribution in [0.15, 0.2) is 24.3 Å². The molecule has 4 nitrogen and oxygen atoms in total. The van der Waals surface area contributed by atoms with E-state index in [1.165, 1.54) is 12.1 Å². The Morgan fingerprint density at radius 2 is 2.16 bits per heavy atom. The maximum absolute atomic E-state index is 12.8. The van der Waals surface area contributed by atoms with Gasteiger partial charge in [-0.2, -0.15) is 0 Å². The minimum absolute atomic E-state index is 0.0400. The lowest BCUT2D eigenvalue weighted by molar-refractivity contribution is -0.140. The molecular formula is C14H19FN2O2. The molecular weight excluding hydrogens is 247 g/mol. The van der Waals surface area contributed by atoms with Crippen molar-refractivity contribution < 1.29 is 13.9 Å². The molecule has 1 fully saturated rings. The van der Waals surface area contributed by atoms with E-state index in [4.69, 9.17) is 10.5 Å². The van der Waals surface area contributed by atoms with E-state index in [9.17, 15) is 9.18 Å². The predicted octanol–water partition coefficient (Wildman–Crippen LogP) is 1.15. The molecule has 5 heteroatoms. The third kappa shape index (κ3) is 2.77. The fourth-order valence-electron chi connectivity index (χ4n) is 2.28. The van der Waals surface area contributed by atoms with E-state index < -0.39 is 5.41 Å². The summed E-state index contributed by atoms with van der Waals surface area (Å²) >= 11 is 0. The van der Waals surface area contributed by atoms with Crippen molar-refractivity contribution in [2.75, 3.05) is 20.3 Å². The van der Waals surface area contributed by atoms with Gasteiger partial charge in [0.1, 0.15) is 5.82 Å². The third-order valence-corrected chi connectivity index (χ3v) is 3.69. The summed E-state index contributed by atoms with van der Waals surface area (Å²) in [6.45, 7) is 3.02. The lowest BCUT2D eigenvalue weighted by atomic mass is 9.84. The van der Waals surface area contributed by atoms with E-state index in [0.717, 1.165) is 5.56 Å². The van der Waals surface area contributed by atoms with Gasteiger partial charge in [0, 0.05) is 19.6 Å². The Kier molecular flexibility index (Phi) is 3.87. The van der Waals surface area contributed by atoms with Gasteiger partial charge >= 0.3 is 0 Å². The van der Waals surface area contributed by atoms with Crippen LogP contribution in [0.5, 0.6) is 0 Å². The van der Waals surface area contributed by atoms with Crippen LogP contribution < -0.4 is 5.73 Å². The molecule has 1 aliphatic heterocycles. The Labute approximate surface area is 112 Å². The summed E-state index contributed by atoms with van der Waals surface area (Å²) in [5.74, 6) is -0.322. The molecule has 1 saturated heterocycles. The van der Waals surface area contributed by atoms with Gasteiger partial charge in [0.2, 0.25) is 5.91 Å². The van der Waals surface area contributed by atoms with Crippen LogP contribution in [0.3, 0.4) is 0 Å². The molecule has 1 heterocycles. The number of carbonyl (C=O) groups is 1. The second kappa shape index (κ2) is 5.27. The molecule has 1 amide bonds. The fourth-order valence-corrected chi connectivity index (χ4v) is 2.28. The second-order valence-corrected chi connectivity index (χ2v) is 5.33. The molecule has 1 aromatic rings. The number of halogens is 1. The van der Waals surface area contributed by atoms with Crippen molar-refractivity contribution >= 4 is 5.91 Å². The molecule has 0 spiro atoms. The fraction of sp³-hybridized carbons (Fsp3) is 0.500. The van der Waals surface area contributed by atoms with Gasteiger partial charge in [-0.15, -0.1) is 0 Å². The van der Waals surface area contributed by atoms with Gasteiger partial charge in [0.15, 0.2) is 0 Å². The maximum atomic E-state index is 12.8. The molecule has 2 N–H and O–H groups in total. The highest BCUT2D eigenvalue weighted by molar-refractivity contribution is 5.83. The average Bonchev–Trinajstić information content (AvgIpc) is 2.72. The highest BCUT2D eigenvalue weighted by Crippen LogP contribution is 2.29. The van der Waals surface area contributed by atoms with Gasteiger partial charge in [0.05, 0.1) is 18.6 Å². The quantitative estimate of drug-likeness (QED) is 0.893. The number of carbonyl (C=O) groups excluding carboxylic acids is 1. The molecule has 0 bridgehead atoms. The normalized spacial score (nSPS) is 26.4. The number of benzene rings is 1. The predicted molar refractivity (Wildman–Crippen MR) is 69.8 cm³/mol. The smallest absolute Gasteiger partial charge is 0.232 e. The summed E-state index contributed by atoms with van der Waals surface area (Å²) < 4.78 is 18.1. The van der Waals surface area contributed by atoms with Crippen LogP contribution in [-0.4, -0.2) is 37.1 Å². The lowest BCUT2D eigenvalue weighted by Gasteiger charge is -2.30. The first-order valence-electron chi connectivity index (χ1n) is 6.27. The van der Waals surface area contributed by atoms with Crippen molar-refractivity contribution in [2.24, 2.45) is 11.1 Å². The van der Waals surface area contributed by atoms with Crippen LogP contribution >= 0.6 is 0 Å². The number of hydrogen-bond acceptors (Lipinski definition) is 3. The molecule has 104 valence electrons. The minimum atomic E-state index is -0.672. The second-order valence-electron chi connectivity index (χ2n) is 5.33. The number of ether oxygens (including phenoxy) is 1. The number of nitrogens with zero attached hydrogens (tertiary/aromatic N) is 1. The topological polar surface area (TPSA) is 55.6 Å². The van der Waals surface area contributed by atoms with E-state index in [1.54, 1.807) is 24.1 Å². The van der Waals surface area contributed by atoms with Crippen molar-refractivity contribution in [3.63, 3.8) is 0 Å². The molecule has 2 rings (SSSR count). The van der Waals surface area contributed by atoms with Gasteiger partial charge in [-0.25, -0.2) is 4.39 Å². The molecule has 0 saturated carbocycles. The van der Waals surface area contributed by atoms with Crippen molar-refractivity contribution in [1.29, 1.82) is 0 Å². The van der Waals surface area contributed by atoms with Gasteiger partial charge < -0.3 is 15.4 Å². The van der Waals surface area contributed by atoms with Crippen molar-refractivity contribution in [3.05, 3.63) is 35.6 Å². The number of amides is 1. The van der Waals surface area contributed by atoms with E-state index >= 15 is 0 Å². The number of rotatable bonds is 3. The van der Waals surface area contributed by atoms with Crippen LogP contribution in [0.4, 0.5) is 4.39 Å². The monoisotopic (exact) mass is 266 g/mol. The van der Waals surface area contributed by atoms with Crippen LogP contribution in [0.2, 0.25) is 0 Å². The first kappa shape index (κ1) is 14.0. The molecule has 2 atom stereocenters. The summed E-state index contributed by atoms with van der Waals surface area (Å²) in [4.78, 5) is 14.1. The van der Waals surface area contributed by atoms with Crippen LogP contribution in [0, 0.1) is 11.2 Å². The lowest BCUT2D eigenvalue weighted by Crippen LogP contribution is -2.50. The first-order valence-corrected chi connectivity index (χ1v) is 6.27. The van der Waals surface area contributed by atoms with Gasteiger partial charge in [-0.3, -0.25) is 4.79 Å². The van der Waals surface area contributed by atoms with Crippen LogP contribution in [0.25, 0.3) is 0 Å². The Balaban J connectivity index is 2.05. The van der Waals surface area contributed by atoms with E-state index in [-0.39, 0.29) is 17.8 Å². The Morgan fingerprint density at radius 3 is 2.68 bits per heavy atom. The summed E-state index contributed by atoms with van der Waals surface area (Å²) in [6, 6.07) is 5.84. The van der Waals surface area contributed by atoms with Gasteiger partial charge in [-0.1, -0.05) is 12.1 Å². The summed E-state index contributed by atoms with van der Waals surface area (Å²) in [7, 11) is 1.72. The van der Waals surface area contributed by atoms with Crippen LogP contribution in [-0.2, 0) is 16.1 Å². The average molecular weight is 266 g/mol. The van der Waals surface area contributed by atoms with E-state index in [1.807, 2.05) is 6.92 Å². The van der Waals surface area contributed by atoms with E-state index in [2.05, 4.69) is 0 Å². The molecule has 19 heavy (non-hydrogen) atoms. The van der Waals surface area contributed by atoms with Crippen molar-refractivity contribution in [3.8, 4) is 0 Å². The Morgan fingerprint density at radius 1 is 1.53 bits per heavy atom. The zero-order valence-corrected chi connectivity index (χ0v) is 11.2. The Hall–Kier alpha value is -1.46. The standard InChI is InChI=1S/C14H19FN2O2/c1-14(9-19-8-12(14)16)13(18)17(2)7-10-3-5-11(15)6-4-10/h3-6,12H,7-9,16H2,1-2H3. The van der Waals surface area contributed by atoms with Crippen LogP contribution in [0.1, 0.15) is 12.5 Å². The molecule has 0 radical (unpaired) electrons. The SMILES string of the molecule is CN(Cc1ccc(F)cc1)C(=O)C1(C)COCC1N. The molecule has 0 aliphatic carbocycles. The van der Waals surface area contributed by atoms with Crippen molar-refractivity contribution in [2.45, 2.75) is 19.5 Å².